The number of hydrogen-bond acceptors (Lipinski definition) is 6. The highest BCUT2D eigenvalue weighted by molar-refractivity contribution is 9.10. The van der Waals surface area contributed by atoms with Crippen molar-refractivity contribution in [3.8, 4) is 0 Å². The molecule has 2 heterocycles. The van der Waals surface area contributed by atoms with Crippen LogP contribution in [-0.4, -0.2) is 34.7 Å². The van der Waals surface area contributed by atoms with Crippen molar-refractivity contribution < 1.29 is 8.42 Å². The van der Waals surface area contributed by atoms with E-state index >= 15 is 0 Å². The second-order valence-electron chi connectivity index (χ2n) is 5.34. The first-order valence-corrected chi connectivity index (χ1v) is 11.8. The van der Waals surface area contributed by atoms with E-state index in [1.807, 2.05) is 23.1 Å². The van der Waals surface area contributed by atoms with Crippen molar-refractivity contribution in [2.24, 2.45) is 7.05 Å². The molecule has 132 valence electrons. The van der Waals surface area contributed by atoms with Crippen molar-refractivity contribution in [3.63, 3.8) is 0 Å². The fraction of sp³-hybridized carbons (Fsp3) is 0.250. The fourth-order valence-corrected chi connectivity index (χ4v) is 5.74. The standard InChI is InChI=1S/C16H16BrN3O2S3/c1-20-15(11-13-3-2-8-23-13)18-19-16(20)24-9-10-25(21,22)14-6-4-12(17)5-7-14/h2-8H,9-11H2,1H3. The van der Waals surface area contributed by atoms with E-state index in [-0.39, 0.29) is 5.75 Å². The highest BCUT2D eigenvalue weighted by atomic mass is 79.9. The summed E-state index contributed by atoms with van der Waals surface area (Å²) in [6.07, 6.45) is 0.735. The molecule has 0 atom stereocenters. The van der Waals surface area contributed by atoms with Crippen LogP contribution in [0.15, 0.2) is 56.3 Å². The molecule has 0 aliphatic heterocycles. The van der Waals surface area contributed by atoms with Crippen LogP contribution in [0.5, 0.6) is 0 Å². The zero-order valence-corrected chi connectivity index (χ0v) is 17.5. The van der Waals surface area contributed by atoms with Gasteiger partial charge in [-0.25, -0.2) is 8.42 Å². The van der Waals surface area contributed by atoms with Gasteiger partial charge in [0.1, 0.15) is 5.82 Å². The number of benzene rings is 1. The first-order chi connectivity index (χ1) is 12.0. The van der Waals surface area contributed by atoms with Crippen molar-refractivity contribution >= 4 is 48.9 Å². The zero-order valence-electron chi connectivity index (χ0n) is 13.4. The molecule has 0 unspecified atom stereocenters. The third kappa shape index (κ3) is 4.72. The minimum absolute atomic E-state index is 0.0619. The van der Waals surface area contributed by atoms with Gasteiger partial charge in [-0.3, -0.25) is 0 Å². The molecule has 5 nitrogen and oxygen atoms in total. The molecule has 9 heteroatoms. The summed E-state index contributed by atoms with van der Waals surface area (Å²) in [6, 6.07) is 10.8. The van der Waals surface area contributed by atoms with Crippen LogP contribution < -0.4 is 0 Å². The Balaban J connectivity index is 1.60. The van der Waals surface area contributed by atoms with Gasteiger partial charge in [-0.1, -0.05) is 33.8 Å². The van der Waals surface area contributed by atoms with E-state index in [2.05, 4.69) is 32.2 Å². The van der Waals surface area contributed by atoms with E-state index in [1.165, 1.54) is 16.6 Å². The predicted octanol–water partition coefficient (Wildman–Crippen LogP) is 3.80. The summed E-state index contributed by atoms with van der Waals surface area (Å²) in [5, 5.41) is 11.2. The molecule has 0 spiro atoms. The first kappa shape index (κ1) is 18.6. The number of aromatic nitrogens is 3. The van der Waals surface area contributed by atoms with Gasteiger partial charge in [-0.15, -0.1) is 21.5 Å². The summed E-state index contributed by atoms with van der Waals surface area (Å²) in [7, 11) is -1.38. The van der Waals surface area contributed by atoms with E-state index in [4.69, 9.17) is 0 Å². The van der Waals surface area contributed by atoms with Gasteiger partial charge in [0.05, 0.1) is 10.6 Å². The molecule has 0 fully saturated rings. The van der Waals surface area contributed by atoms with Crippen molar-refractivity contribution in [1.29, 1.82) is 0 Å². The number of sulfone groups is 1. The fourth-order valence-electron chi connectivity index (χ4n) is 2.20. The Morgan fingerprint density at radius 3 is 2.64 bits per heavy atom. The Bertz CT molecular complexity index is 936. The van der Waals surface area contributed by atoms with Crippen LogP contribution in [-0.2, 0) is 23.3 Å². The van der Waals surface area contributed by atoms with Crippen molar-refractivity contribution in [2.75, 3.05) is 11.5 Å². The minimum Gasteiger partial charge on any atom is -0.309 e. The Hall–Kier alpha value is -1.16. The molecule has 0 saturated carbocycles. The summed E-state index contributed by atoms with van der Waals surface area (Å²) in [5.74, 6) is 1.37. The molecular formula is C16H16BrN3O2S3. The Labute approximate surface area is 163 Å². The average Bonchev–Trinajstić information content (AvgIpc) is 3.20. The third-order valence-electron chi connectivity index (χ3n) is 3.59. The van der Waals surface area contributed by atoms with Gasteiger partial charge in [0.25, 0.3) is 0 Å². The van der Waals surface area contributed by atoms with Crippen molar-refractivity contribution in [2.45, 2.75) is 16.5 Å². The Morgan fingerprint density at radius 1 is 1.20 bits per heavy atom. The summed E-state index contributed by atoms with van der Waals surface area (Å²) in [4.78, 5) is 1.57. The highest BCUT2D eigenvalue weighted by Gasteiger charge is 2.16. The Morgan fingerprint density at radius 2 is 1.96 bits per heavy atom. The van der Waals surface area contributed by atoms with E-state index in [9.17, 15) is 8.42 Å². The quantitative estimate of drug-likeness (QED) is 0.504. The van der Waals surface area contributed by atoms with Crippen LogP contribution in [0.25, 0.3) is 0 Å². The van der Waals surface area contributed by atoms with Gasteiger partial charge in [-0.05, 0) is 35.7 Å². The van der Waals surface area contributed by atoms with E-state index in [1.54, 1.807) is 35.6 Å². The predicted molar refractivity (Wildman–Crippen MR) is 105 cm³/mol. The lowest BCUT2D eigenvalue weighted by atomic mass is 10.3. The largest absolute Gasteiger partial charge is 0.309 e. The van der Waals surface area contributed by atoms with Crippen molar-refractivity contribution in [1.82, 2.24) is 14.8 Å². The van der Waals surface area contributed by atoms with E-state index < -0.39 is 9.84 Å². The van der Waals surface area contributed by atoms with E-state index in [0.29, 0.717) is 10.6 Å². The van der Waals surface area contributed by atoms with Gasteiger partial charge in [0.15, 0.2) is 15.0 Å². The molecule has 0 amide bonds. The number of hydrogen-bond donors (Lipinski definition) is 0. The van der Waals surface area contributed by atoms with Gasteiger partial charge < -0.3 is 4.57 Å². The summed E-state index contributed by atoms with van der Waals surface area (Å²) in [5.41, 5.74) is 0. The third-order valence-corrected chi connectivity index (χ3v) is 8.01. The molecule has 2 aromatic heterocycles. The lowest BCUT2D eigenvalue weighted by Crippen LogP contribution is -2.09. The topological polar surface area (TPSA) is 64.8 Å². The molecule has 25 heavy (non-hydrogen) atoms. The maximum atomic E-state index is 12.4. The second kappa shape index (κ2) is 8.03. The molecule has 3 aromatic rings. The van der Waals surface area contributed by atoms with Gasteiger partial charge >= 0.3 is 0 Å². The van der Waals surface area contributed by atoms with Gasteiger partial charge in [0.2, 0.25) is 0 Å². The van der Waals surface area contributed by atoms with E-state index in [0.717, 1.165) is 21.9 Å². The SMILES string of the molecule is Cn1c(Cc2cccs2)nnc1SCCS(=O)(=O)c1ccc(Br)cc1. The number of thioether (sulfide) groups is 1. The van der Waals surface area contributed by atoms with Gasteiger partial charge in [0, 0.05) is 28.6 Å². The molecule has 0 aliphatic rings. The lowest BCUT2D eigenvalue weighted by molar-refractivity contribution is 0.597. The van der Waals surface area contributed by atoms with Crippen LogP contribution in [0.3, 0.4) is 0 Å². The number of halogens is 1. The molecule has 3 rings (SSSR count). The maximum absolute atomic E-state index is 12.4. The number of thiophene rings is 1. The first-order valence-electron chi connectivity index (χ1n) is 7.47. The molecule has 0 radical (unpaired) electrons. The molecular weight excluding hydrogens is 442 g/mol. The highest BCUT2D eigenvalue weighted by Crippen LogP contribution is 2.21. The minimum atomic E-state index is -3.29. The molecule has 0 saturated heterocycles. The van der Waals surface area contributed by atoms with Crippen LogP contribution in [0.1, 0.15) is 10.7 Å². The molecule has 0 N–H and O–H groups in total. The van der Waals surface area contributed by atoms with Crippen LogP contribution in [0, 0.1) is 0 Å². The number of nitrogens with zero attached hydrogens (tertiary/aromatic N) is 3. The summed E-state index contributed by atoms with van der Waals surface area (Å²) >= 11 is 6.41. The van der Waals surface area contributed by atoms with Crippen LogP contribution in [0.2, 0.25) is 0 Å². The summed E-state index contributed by atoms with van der Waals surface area (Å²) < 4.78 is 27.5. The monoisotopic (exact) mass is 457 g/mol. The van der Waals surface area contributed by atoms with Crippen molar-refractivity contribution in [3.05, 3.63) is 57.0 Å². The van der Waals surface area contributed by atoms with Crippen LogP contribution in [0.4, 0.5) is 0 Å². The molecule has 0 bridgehead atoms. The smallest absolute Gasteiger partial charge is 0.190 e. The summed E-state index contributed by atoms with van der Waals surface area (Å²) in [6.45, 7) is 0. The maximum Gasteiger partial charge on any atom is 0.190 e. The lowest BCUT2D eigenvalue weighted by Gasteiger charge is -2.05. The average molecular weight is 458 g/mol. The van der Waals surface area contributed by atoms with Gasteiger partial charge in [-0.2, -0.15) is 0 Å². The second-order valence-corrected chi connectivity index (χ2v) is 10.5. The Kier molecular flexibility index (Phi) is 5.98. The molecule has 1 aromatic carbocycles. The molecule has 0 aliphatic carbocycles. The van der Waals surface area contributed by atoms with Crippen LogP contribution >= 0.6 is 39.0 Å². The zero-order chi connectivity index (χ0) is 17.9. The number of rotatable bonds is 7. The normalized spacial score (nSPS) is 11.8.